The molecule has 0 spiro atoms. The first-order chi connectivity index (χ1) is 18.9. The van der Waals surface area contributed by atoms with E-state index in [4.69, 9.17) is 4.74 Å². The van der Waals surface area contributed by atoms with Crippen molar-refractivity contribution in [2.75, 3.05) is 17.5 Å². The van der Waals surface area contributed by atoms with Gasteiger partial charge in [-0.3, -0.25) is 13.9 Å². The highest BCUT2D eigenvalue weighted by Crippen LogP contribution is 2.33. The number of hydrogen-bond acceptors (Lipinski definition) is 5. The third-order valence-electron chi connectivity index (χ3n) is 6.52. The number of sulfonamides is 1. The number of aryl methyl sites for hydroxylation is 2. The summed E-state index contributed by atoms with van der Waals surface area (Å²) in [5, 5.41) is 2.87. The van der Waals surface area contributed by atoms with Gasteiger partial charge in [0.1, 0.15) is 18.3 Å². The molecule has 0 bridgehead atoms. The molecule has 0 saturated heterocycles. The summed E-state index contributed by atoms with van der Waals surface area (Å²) in [4.78, 5) is 28.6. The molecule has 0 heterocycles. The van der Waals surface area contributed by atoms with Crippen LogP contribution in [-0.2, 0) is 26.2 Å². The number of rotatable bonds is 12. The van der Waals surface area contributed by atoms with Crippen molar-refractivity contribution in [3.05, 3.63) is 89.5 Å². The van der Waals surface area contributed by atoms with Crippen LogP contribution in [0.4, 0.5) is 5.69 Å². The molecule has 3 aromatic rings. The van der Waals surface area contributed by atoms with Crippen LogP contribution in [0.25, 0.3) is 0 Å². The molecule has 0 radical (unpaired) electrons. The first kappa shape index (κ1) is 30.7. The van der Waals surface area contributed by atoms with Gasteiger partial charge in [0.2, 0.25) is 11.8 Å². The van der Waals surface area contributed by atoms with Crippen LogP contribution in [0.5, 0.6) is 5.75 Å². The zero-order chi connectivity index (χ0) is 29.4. The second-order valence-corrected chi connectivity index (χ2v) is 11.9. The molecule has 0 aromatic heterocycles. The van der Waals surface area contributed by atoms with Crippen LogP contribution < -0.4 is 14.4 Å². The van der Waals surface area contributed by atoms with Crippen molar-refractivity contribution in [1.29, 1.82) is 0 Å². The predicted molar refractivity (Wildman–Crippen MR) is 158 cm³/mol. The highest BCUT2D eigenvalue weighted by Gasteiger charge is 2.34. The van der Waals surface area contributed by atoms with E-state index in [1.807, 2.05) is 52.0 Å². The minimum Gasteiger partial charge on any atom is -0.492 e. The lowest BCUT2D eigenvalue weighted by Gasteiger charge is -2.33. The molecular formula is C31H39N3O5S. The van der Waals surface area contributed by atoms with Crippen LogP contribution in [0.15, 0.2) is 77.7 Å². The zero-order valence-corrected chi connectivity index (χ0v) is 24.9. The molecular weight excluding hydrogens is 526 g/mol. The van der Waals surface area contributed by atoms with Gasteiger partial charge in [-0.2, -0.15) is 0 Å². The van der Waals surface area contributed by atoms with E-state index in [9.17, 15) is 18.0 Å². The molecule has 40 heavy (non-hydrogen) atoms. The number of nitrogens with one attached hydrogen (secondary N) is 1. The summed E-state index contributed by atoms with van der Waals surface area (Å²) in [6.07, 6.45) is 0. The van der Waals surface area contributed by atoms with Gasteiger partial charge in [0, 0.05) is 12.6 Å². The minimum absolute atomic E-state index is 0.0493. The van der Waals surface area contributed by atoms with Crippen molar-refractivity contribution in [3.63, 3.8) is 0 Å². The Kier molecular flexibility index (Phi) is 10.3. The Morgan fingerprint density at radius 2 is 1.52 bits per heavy atom. The van der Waals surface area contributed by atoms with Crippen LogP contribution >= 0.6 is 0 Å². The Hall–Kier alpha value is -3.85. The molecule has 0 aliphatic rings. The molecule has 0 aliphatic carbocycles. The number of ether oxygens (including phenoxy) is 1. The SMILES string of the molecule is CCOc1ccccc1N(CC(=O)N(Cc1ccccc1C)[C@H](C)C(=O)NC(C)C)S(=O)(=O)c1ccc(C)cc1. The number of hydrogen-bond donors (Lipinski definition) is 1. The number of amides is 2. The molecule has 8 nitrogen and oxygen atoms in total. The van der Waals surface area contributed by atoms with Crippen molar-refractivity contribution in [2.24, 2.45) is 0 Å². The van der Waals surface area contributed by atoms with Gasteiger partial charge in [-0.15, -0.1) is 0 Å². The van der Waals surface area contributed by atoms with Gasteiger partial charge in [-0.1, -0.05) is 54.1 Å². The van der Waals surface area contributed by atoms with Crippen LogP contribution in [0, 0.1) is 13.8 Å². The lowest BCUT2D eigenvalue weighted by atomic mass is 10.1. The average Bonchev–Trinajstić information content (AvgIpc) is 2.91. The van der Waals surface area contributed by atoms with Gasteiger partial charge in [-0.05, 0) is 76.9 Å². The van der Waals surface area contributed by atoms with Crippen LogP contribution in [-0.4, -0.2) is 50.4 Å². The normalized spacial score (nSPS) is 12.1. The fourth-order valence-electron chi connectivity index (χ4n) is 4.25. The summed E-state index contributed by atoms with van der Waals surface area (Å²) in [7, 11) is -4.18. The van der Waals surface area contributed by atoms with Crippen molar-refractivity contribution in [1.82, 2.24) is 10.2 Å². The Bertz CT molecular complexity index is 1420. The Labute approximate surface area is 238 Å². The molecule has 2 amide bonds. The van der Waals surface area contributed by atoms with Crippen LogP contribution in [0.2, 0.25) is 0 Å². The number of para-hydroxylation sites is 2. The summed E-state index contributed by atoms with van der Waals surface area (Å²) in [5.41, 5.74) is 2.98. The molecule has 9 heteroatoms. The van der Waals surface area contributed by atoms with Gasteiger partial charge < -0.3 is 15.0 Å². The fraction of sp³-hybridized carbons (Fsp3) is 0.355. The summed E-state index contributed by atoms with van der Waals surface area (Å²) >= 11 is 0. The number of anilines is 1. The zero-order valence-electron chi connectivity index (χ0n) is 24.0. The lowest BCUT2D eigenvalue weighted by Crippen LogP contribution is -2.52. The maximum atomic E-state index is 14.1. The van der Waals surface area contributed by atoms with E-state index in [0.29, 0.717) is 12.4 Å². The van der Waals surface area contributed by atoms with Gasteiger partial charge >= 0.3 is 0 Å². The second kappa shape index (κ2) is 13.5. The van der Waals surface area contributed by atoms with Crippen LogP contribution in [0.3, 0.4) is 0 Å². The molecule has 3 rings (SSSR count). The van der Waals surface area contributed by atoms with Gasteiger partial charge in [0.05, 0.1) is 17.2 Å². The standard InChI is InChI=1S/C31H39N3O5S/c1-7-39-29-15-11-10-14-28(29)34(40(37,38)27-18-16-23(4)17-19-27)21-30(35)33(25(6)31(36)32-22(2)3)20-26-13-9-8-12-24(26)5/h8-19,22,25H,7,20-21H2,1-6H3,(H,32,36)/t25-/m1/s1. The third kappa shape index (κ3) is 7.41. The molecule has 0 saturated carbocycles. The topological polar surface area (TPSA) is 96.0 Å². The van der Waals surface area contributed by atoms with Crippen LogP contribution in [0.1, 0.15) is 44.4 Å². The maximum Gasteiger partial charge on any atom is 0.264 e. The van der Waals surface area contributed by atoms with Gasteiger partial charge in [0.15, 0.2) is 0 Å². The summed E-state index contributed by atoms with van der Waals surface area (Å²) in [6, 6.07) is 19.8. The molecule has 1 atom stereocenters. The number of carbonyl (C=O) groups is 2. The summed E-state index contributed by atoms with van der Waals surface area (Å²) < 4.78 is 34.9. The largest absolute Gasteiger partial charge is 0.492 e. The number of carbonyl (C=O) groups excluding carboxylic acids is 2. The van der Waals surface area contributed by atoms with Crippen molar-refractivity contribution in [3.8, 4) is 5.75 Å². The minimum atomic E-state index is -4.18. The average molecular weight is 566 g/mol. The van der Waals surface area contributed by atoms with Crippen molar-refractivity contribution >= 4 is 27.5 Å². The first-order valence-corrected chi connectivity index (χ1v) is 14.8. The Balaban J connectivity index is 2.09. The molecule has 0 unspecified atom stereocenters. The second-order valence-electron chi connectivity index (χ2n) is 10.0. The van der Waals surface area contributed by atoms with E-state index < -0.39 is 28.5 Å². The van der Waals surface area contributed by atoms with Crippen molar-refractivity contribution in [2.45, 2.75) is 65.1 Å². The fourth-order valence-corrected chi connectivity index (χ4v) is 5.67. The molecule has 3 aromatic carbocycles. The molecule has 0 aliphatic heterocycles. The molecule has 1 N–H and O–H groups in total. The van der Waals surface area contributed by atoms with E-state index in [2.05, 4.69) is 5.32 Å². The number of nitrogens with zero attached hydrogens (tertiary/aromatic N) is 2. The molecule has 214 valence electrons. The maximum absolute atomic E-state index is 14.1. The third-order valence-corrected chi connectivity index (χ3v) is 8.30. The highest BCUT2D eigenvalue weighted by atomic mass is 32.2. The highest BCUT2D eigenvalue weighted by molar-refractivity contribution is 7.92. The summed E-state index contributed by atoms with van der Waals surface area (Å²) in [5.74, 6) is -0.499. The molecule has 0 fully saturated rings. The summed E-state index contributed by atoms with van der Waals surface area (Å²) in [6.45, 7) is 10.9. The first-order valence-electron chi connectivity index (χ1n) is 13.4. The van der Waals surface area contributed by atoms with E-state index in [-0.39, 0.29) is 29.1 Å². The predicted octanol–water partition coefficient (Wildman–Crippen LogP) is 4.84. The van der Waals surface area contributed by atoms with E-state index >= 15 is 0 Å². The monoisotopic (exact) mass is 565 g/mol. The Morgan fingerprint density at radius 1 is 0.900 bits per heavy atom. The number of benzene rings is 3. The van der Waals surface area contributed by atoms with Gasteiger partial charge in [-0.25, -0.2) is 8.42 Å². The lowest BCUT2D eigenvalue weighted by molar-refractivity contribution is -0.139. The van der Waals surface area contributed by atoms with Crippen molar-refractivity contribution < 1.29 is 22.7 Å². The smallest absolute Gasteiger partial charge is 0.264 e. The quantitative estimate of drug-likeness (QED) is 0.339. The van der Waals surface area contributed by atoms with Gasteiger partial charge in [0.25, 0.3) is 10.0 Å². The van der Waals surface area contributed by atoms with E-state index in [1.54, 1.807) is 50.2 Å². The Morgan fingerprint density at radius 3 is 2.15 bits per heavy atom. The van der Waals surface area contributed by atoms with E-state index in [0.717, 1.165) is 21.0 Å². The van der Waals surface area contributed by atoms with E-state index in [1.165, 1.54) is 17.0 Å².